The normalized spacial score (nSPS) is 23.8. The molecule has 1 saturated heterocycles. The molecule has 1 aliphatic heterocycles. The summed E-state index contributed by atoms with van der Waals surface area (Å²) in [5.41, 5.74) is 6.90. The molecular formula is C14H19FN2O2S. The van der Waals surface area contributed by atoms with Crippen LogP contribution in [0.5, 0.6) is 0 Å². The molecule has 0 saturated carbocycles. The summed E-state index contributed by atoms with van der Waals surface area (Å²) in [7, 11) is 0. The molecule has 1 aromatic carbocycles. The minimum Gasteiger partial charge on any atom is -0.394 e. The Morgan fingerprint density at radius 3 is 2.90 bits per heavy atom. The van der Waals surface area contributed by atoms with E-state index in [0.29, 0.717) is 18.7 Å². The van der Waals surface area contributed by atoms with Crippen LogP contribution in [0.15, 0.2) is 18.2 Å². The summed E-state index contributed by atoms with van der Waals surface area (Å²) in [5.74, 6) is -0.342. The Labute approximate surface area is 123 Å². The maximum Gasteiger partial charge on any atom is 0.124 e. The summed E-state index contributed by atoms with van der Waals surface area (Å²) < 4.78 is 19.1. The molecular weight excluding hydrogens is 279 g/mol. The summed E-state index contributed by atoms with van der Waals surface area (Å²) in [6.07, 6.45) is -0.146. The van der Waals surface area contributed by atoms with Gasteiger partial charge in [-0.2, -0.15) is 0 Å². The Balaban J connectivity index is 2.11. The lowest BCUT2D eigenvalue weighted by molar-refractivity contribution is -0.0972. The third-order valence-electron chi connectivity index (χ3n) is 3.25. The number of aliphatic hydroxyl groups is 1. The molecule has 6 heteroatoms. The van der Waals surface area contributed by atoms with Gasteiger partial charge in [-0.25, -0.2) is 4.39 Å². The minimum atomic E-state index is -0.342. The first-order chi connectivity index (χ1) is 9.47. The van der Waals surface area contributed by atoms with Gasteiger partial charge in [-0.15, -0.1) is 0 Å². The Morgan fingerprint density at radius 1 is 1.50 bits per heavy atom. The van der Waals surface area contributed by atoms with Crippen molar-refractivity contribution in [2.45, 2.75) is 25.7 Å². The largest absolute Gasteiger partial charge is 0.394 e. The quantitative estimate of drug-likeness (QED) is 0.814. The highest BCUT2D eigenvalue weighted by Gasteiger charge is 2.24. The SMILES string of the molecule is CC1CN(Cc2cc(F)cc(C(N)=S)c2)CC(CO)O1. The van der Waals surface area contributed by atoms with E-state index in [4.69, 9.17) is 22.7 Å². The molecule has 1 aliphatic rings. The molecule has 1 aromatic rings. The second-order valence-corrected chi connectivity index (χ2v) is 5.60. The number of morpholine rings is 1. The molecule has 1 heterocycles. The van der Waals surface area contributed by atoms with Crippen LogP contribution in [0.2, 0.25) is 0 Å². The van der Waals surface area contributed by atoms with Gasteiger partial charge in [0.05, 0.1) is 18.8 Å². The molecule has 3 N–H and O–H groups in total. The Bertz CT molecular complexity index is 498. The molecule has 20 heavy (non-hydrogen) atoms. The number of nitrogens with two attached hydrogens (primary N) is 1. The van der Waals surface area contributed by atoms with Crippen LogP contribution in [0, 0.1) is 5.82 Å². The van der Waals surface area contributed by atoms with E-state index in [1.54, 1.807) is 6.07 Å². The van der Waals surface area contributed by atoms with Gasteiger partial charge < -0.3 is 15.6 Å². The highest BCUT2D eigenvalue weighted by atomic mass is 32.1. The molecule has 2 unspecified atom stereocenters. The Kier molecular flexibility index (Phi) is 5.04. The standard InChI is InChI=1S/C14H19FN2O2S/c1-9-5-17(7-13(8-18)19-9)6-10-2-11(14(16)20)4-12(15)3-10/h2-4,9,13,18H,5-8H2,1H3,(H2,16,20). The van der Waals surface area contributed by atoms with E-state index >= 15 is 0 Å². The fourth-order valence-corrected chi connectivity index (χ4v) is 2.63. The smallest absolute Gasteiger partial charge is 0.124 e. The van der Waals surface area contributed by atoms with E-state index in [1.807, 2.05) is 6.92 Å². The number of hydrogen-bond donors (Lipinski definition) is 2. The average Bonchev–Trinajstić information content (AvgIpc) is 2.37. The molecule has 0 spiro atoms. The van der Waals surface area contributed by atoms with Crippen LogP contribution in [-0.2, 0) is 11.3 Å². The fourth-order valence-electron chi connectivity index (χ4n) is 2.51. The maximum absolute atomic E-state index is 13.6. The van der Waals surface area contributed by atoms with E-state index in [1.165, 1.54) is 12.1 Å². The second-order valence-electron chi connectivity index (χ2n) is 5.16. The lowest BCUT2D eigenvalue weighted by Crippen LogP contribution is -2.47. The van der Waals surface area contributed by atoms with Crippen LogP contribution >= 0.6 is 12.2 Å². The van der Waals surface area contributed by atoms with Crippen LogP contribution in [-0.4, -0.2) is 46.9 Å². The zero-order chi connectivity index (χ0) is 14.7. The first-order valence-electron chi connectivity index (χ1n) is 6.56. The van der Waals surface area contributed by atoms with Crippen molar-refractivity contribution in [2.24, 2.45) is 5.73 Å². The van der Waals surface area contributed by atoms with Crippen molar-refractivity contribution in [3.8, 4) is 0 Å². The van der Waals surface area contributed by atoms with Gasteiger partial charge in [0.15, 0.2) is 0 Å². The maximum atomic E-state index is 13.6. The minimum absolute atomic E-state index is 0.0118. The van der Waals surface area contributed by atoms with Gasteiger partial charge in [-0.05, 0) is 30.7 Å². The summed E-state index contributed by atoms with van der Waals surface area (Å²) in [6.45, 7) is 3.90. The van der Waals surface area contributed by atoms with Crippen molar-refractivity contribution in [1.82, 2.24) is 4.90 Å². The Hall–Kier alpha value is -1.08. The van der Waals surface area contributed by atoms with Crippen LogP contribution in [0.3, 0.4) is 0 Å². The number of benzene rings is 1. The molecule has 0 aliphatic carbocycles. The van der Waals surface area contributed by atoms with E-state index in [9.17, 15) is 9.50 Å². The summed E-state index contributed by atoms with van der Waals surface area (Å²) >= 11 is 4.89. The number of halogens is 1. The molecule has 0 bridgehead atoms. The van der Waals surface area contributed by atoms with Crippen LogP contribution < -0.4 is 5.73 Å². The zero-order valence-electron chi connectivity index (χ0n) is 11.4. The molecule has 4 nitrogen and oxygen atoms in total. The van der Waals surface area contributed by atoms with Crippen molar-refractivity contribution in [3.05, 3.63) is 35.1 Å². The molecule has 2 atom stereocenters. The van der Waals surface area contributed by atoms with Gasteiger partial charge >= 0.3 is 0 Å². The molecule has 0 radical (unpaired) electrons. The van der Waals surface area contributed by atoms with Gasteiger partial charge in [-0.1, -0.05) is 12.2 Å². The van der Waals surface area contributed by atoms with Gasteiger partial charge in [-0.3, -0.25) is 4.90 Å². The number of hydrogen-bond acceptors (Lipinski definition) is 4. The van der Waals surface area contributed by atoms with Gasteiger partial charge in [0.1, 0.15) is 10.8 Å². The third kappa shape index (κ3) is 3.96. The molecule has 0 amide bonds. The highest BCUT2D eigenvalue weighted by Crippen LogP contribution is 2.16. The van der Waals surface area contributed by atoms with Crippen LogP contribution in [0.25, 0.3) is 0 Å². The molecule has 1 fully saturated rings. The van der Waals surface area contributed by atoms with E-state index < -0.39 is 0 Å². The van der Waals surface area contributed by atoms with E-state index in [2.05, 4.69) is 4.90 Å². The molecule has 110 valence electrons. The average molecular weight is 298 g/mol. The van der Waals surface area contributed by atoms with Crippen LogP contribution in [0.4, 0.5) is 4.39 Å². The predicted octanol–water partition coefficient (Wildman–Crippen LogP) is 1.04. The predicted molar refractivity (Wildman–Crippen MR) is 79.0 cm³/mol. The zero-order valence-corrected chi connectivity index (χ0v) is 12.2. The third-order valence-corrected chi connectivity index (χ3v) is 3.49. The number of thiocarbonyl (C=S) groups is 1. The monoisotopic (exact) mass is 298 g/mol. The first-order valence-corrected chi connectivity index (χ1v) is 6.96. The van der Waals surface area contributed by atoms with Crippen LogP contribution in [0.1, 0.15) is 18.1 Å². The highest BCUT2D eigenvalue weighted by molar-refractivity contribution is 7.80. The van der Waals surface area contributed by atoms with Crippen molar-refractivity contribution >= 4 is 17.2 Å². The van der Waals surface area contributed by atoms with Crippen molar-refractivity contribution in [3.63, 3.8) is 0 Å². The summed E-state index contributed by atoms with van der Waals surface area (Å²) in [6, 6.07) is 4.62. The van der Waals surface area contributed by atoms with Crippen molar-refractivity contribution < 1.29 is 14.2 Å². The number of ether oxygens (including phenoxy) is 1. The first kappa shape index (κ1) is 15.3. The summed E-state index contributed by atoms with van der Waals surface area (Å²) in [5, 5.41) is 9.21. The topological polar surface area (TPSA) is 58.7 Å². The Morgan fingerprint density at radius 2 is 2.25 bits per heavy atom. The number of nitrogens with zero attached hydrogens (tertiary/aromatic N) is 1. The van der Waals surface area contributed by atoms with Gasteiger partial charge in [0, 0.05) is 25.2 Å². The summed E-state index contributed by atoms with van der Waals surface area (Å²) in [4.78, 5) is 2.32. The molecule has 0 aromatic heterocycles. The number of aliphatic hydroxyl groups excluding tert-OH is 1. The van der Waals surface area contributed by atoms with Crippen molar-refractivity contribution in [1.29, 1.82) is 0 Å². The molecule has 2 rings (SSSR count). The van der Waals surface area contributed by atoms with Gasteiger partial charge in [0.2, 0.25) is 0 Å². The lowest BCUT2D eigenvalue weighted by Gasteiger charge is -2.36. The van der Waals surface area contributed by atoms with E-state index in [-0.39, 0.29) is 29.6 Å². The van der Waals surface area contributed by atoms with E-state index in [0.717, 1.165) is 12.1 Å². The lowest BCUT2D eigenvalue weighted by atomic mass is 10.1. The number of rotatable bonds is 4. The fraction of sp³-hybridized carbons (Fsp3) is 0.500. The second kappa shape index (κ2) is 6.58. The van der Waals surface area contributed by atoms with Crippen molar-refractivity contribution in [2.75, 3.05) is 19.7 Å². The van der Waals surface area contributed by atoms with Gasteiger partial charge in [0.25, 0.3) is 0 Å².